The molecule has 1 saturated carbocycles. The average Bonchev–Trinajstić information content (AvgIpc) is 3.12. The fraction of sp³-hybridized carbons (Fsp3) is 0.400. The van der Waals surface area contributed by atoms with Crippen molar-refractivity contribution in [3.8, 4) is 11.1 Å². The molecule has 164 valence electrons. The minimum Gasteiger partial charge on any atom is -0.270 e. The molecule has 1 fully saturated rings. The van der Waals surface area contributed by atoms with Crippen molar-refractivity contribution in [3.05, 3.63) is 70.6 Å². The molecule has 2 aliphatic rings. The third-order valence-electron chi connectivity index (χ3n) is 7.45. The lowest BCUT2D eigenvalue weighted by Crippen LogP contribution is -2.19. The van der Waals surface area contributed by atoms with Crippen LogP contribution in [0.5, 0.6) is 0 Å². The Kier molecular flexibility index (Phi) is 4.61. The predicted octanol–water partition coefficient (Wildman–Crippen LogP) is 5.53. The number of rotatable bonds is 5. The molecule has 0 aliphatic heterocycles. The summed E-state index contributed by atoms with van der Waals surface area (Å²) in [5, 5.41) is 9.38. The minimum absolute atomic E-state index is 0.114. The Balaban J connectivity index is 1.18. The molecule has 1 unspecified atom stereocenters. The lowest BCUT2D eigenvalue weighted by Gasteiger charge is -2.23. The Morgan fingerprint density at radius 2 is 2.19 bits per heavy atom. The first-order valence-electron chi connectivity index (χ1n) is 11.4. The van der Waals surface area contributed by atoms with Crippen molar-refractivity contribution >= 4 is 17.2 Å². The maximum absolute atomic E-state index is 13.6. The Hall–Kier alpha value is -2.73. The molecule has 0 radical (unpaired) electrons. The van der Waals surface area contributed by atoms with Crippen LogP contribution in [0, 0.1) is 17.2 Å². The summed E-state index contributed by atoms with van der Waals surface area (Å²) in [5.74, 6) is 1.19. The molecule has 1 aromatic carbocycles. The van der Waals surface area contributed by atoms with Gasteiger partial charge in [0.05, 0.1) is 11.2 Å². The van der Waals surface area contributed by atoms with Gasteiger partial charge in [-0.05, 0) is 85.8 Å². The van der Waals surface area contributed by atoms with Gasteiger partial charge in [0.2, 0.25) is 0 Å². The van der Waals surface area contributed by atoms with Crippen LogP contribution in [-0.4, -0.2) is 24.4 Å². The van der Waals surface area contributed by atoms with Crippen molar-refractivity contribution < 1.29 is 4.39 Å². The van der Waals surface area contributed by atoms with Crippen LogP contribution in [0.3, 0.4) is 0 Å². The van der Waals surface area contributed by atoms with E-state index >= 15 is 0 Å². The smallest absolute Gasteiger partial charge is 0.163 e. The molecule has 5 nitrogen and oxygen atoms in total. The standard InChI is InChI=1S/C25H25ClFN5/c1-2-31-22-9-10-25(13-17(22)15-28-31)14-18(25)6-8-23-29-24-19(4-3-11-32(24)30-23)16-5-7-21(27)20(26)12-16/h3-5,7,11-12,15,18H,2,6,8-10,13-14H2,1H3/t18?,25-/m0/s1. The molecule has 3 aromatic heterocycles. The first-order chi connectivity index (χ1) is 15.6. The predicted molar refractivity (Wildman–Crippen MR) is 122 cm³/mol. The summed E-state index contributed by atoms with van der Waals surface area (Å²) in [4.78, 5) is 4.83. The quantitative estimate of drug-likeness (QED) is 0.402. The molecule has 3 heterocycles. The summed E-state index contributed by atoms with van der Waals surface area (Å²) >= 11 is 6.00. The van der Waals surface area contributed by atoms with E-state index in [4.69, 9.17) is 21.7 Å². The van der Waals surface area contributed by atoms with E-state index in [0.717, 1.165) is 54.3 Å². The van der Waals surface area contributed by atoms with E-state index in [1.807, 2.05) is 22.8 Å². The maximum Gasteiger partial charge on any atom is 0.163 e. The number of hydrogen-bond acceptors (Lipinski definition) is 3. The van der Waals surface area contributed by atoms with Crippen LogP contribution in [-0.2, 0) is 25.8 Å². The van der Waals surface area contributed by atoms with Gasteiger partial charge in [0.15, 0.2) is 11.5 Å². The number of hydrogen-bond donors (Lipinski definition) is 0. The lowest BCUT2D eigenvalue weighted by atomic mass is 9.82. The van der Waals surface area contributed by atoms with E-state index in [0.29, 0.717) is 5.41 Å². The van der Waals surface area contributed by atoms with Gasteiger partial charge >= 0.3 is 0 Å². The van der Waals surface area contributed by atoms with Crippen molar-refractivity contribution in [3.63, 3.8) is 0 Å². The third-order valence-corrected chi connectivity index (χ3v) is 7.74. The third kappa shape index (κ3) is 3.24. The second kappa shape index (κ2) is 7.41. The van der Waals surface area contributed by atoms with Crippen molar-refractivity contribution in [1.82, 2.24) is 24.4 Å². The topological polar surface area (TPSA) is 48.0 Å². The molecule has 0 amide bonds. The Labute approximate surface area is 191 Å². The average molecular weight is 450 g/mol. The van der Waals surface area contributed by atoms with Crippen LogP contribution >= 0.6 is 11.6 Å². The fourth-order valence-corrected chi connectivity index (χ4v) is 5.79. The zero-order valence-corrected chi connectivity index (χ0v) is 18.8. The number of fused-ring (bicyclic) bond motifs is 2. The Morgan fingerprint density at radius 3 is 3.03 bits per heavy atom. The molecular formula is C25H25ClFN5. The summed E-state index contributed by atoms with van der Waals surface area (Å²) < 4.78 is 17.6. The molecule has 4 aromatic rings. The molecule has 2 atom stereocenters. The largest absolute Gasteiger partial charge is 0.270 e. The molecule has 7 heteroatoms. The molecule has 6 rings (SSSR count). The zero-order valence-electron chi connectivity index (χ0n) is 18.1. The monoisotopic (exact) mass is 449 g/mol. The number of benzene rings is 1. The first kappa shape index (κ1) is 19.9. The van der Waals surface area contributed by atoms with Crippen molar-refractivity contribution in [2.45, 2.75) is 52.0 Å². The van der Waals surface area contributed by atoms with E-state index in [9.17, 15) is 4.39 Å². The number of pyridine rings is 1. The SMILES string of the molecule is CCn1ncc2c1CC[C@]1(C2)CC1CCc1nc2c(-c3ccc(F)c(Cl)c3)cccn2n1. The lowest BCUT2D eigenvalue weighted by molar-refractivity contribution is 0.375. The summed E-state index contributed by atoms with van der Waals surface area (Å²) in [5.41, 5.74) is 5.89. The highest BCUT2D eigenvalue weighted by Gasteiger charge is 2.54. The van der Waals surface area contributed by atoms with Gasteiger partial charge in [-0.15, -0.1) is 0 Å². The maximum atomic E-state index is 13.6. The Morgan fingerprint density at radius 1 is 1.28 bits per heavy atom. The van der Waals surface area contributed by atoms with E-state index in [1.54, 1.807) is 12.1 Å². The first-order valence-corrected chi connectivity index (χ1v) is 11.8. The van der Waals surface area contributed by atoms with Crippen LogP contribution in [0.4, 0.5) is 4.39 Å². The van der Waals surface area contributed by atoms with Crippen LogP contribution in [0.1, 0.15) is 43.3 Å². The van der Waals surface area contributed by atoms with Crippen molar-refractivity contribution in [2.24, 2.45) is 11.3 Å². The second-order valence-corrected chi connectivity index (χ2v) is 9.67. The molecule has 0 saturated heterocycles. The summed E-state index contributed by atoms with van der Waals surface area (Å²) in [6, 6.07) is 8.68. The molecule has 1 spiro atoms. The zero-order chi connectivity index (χ0) is 21.9. The fourth-order valence-electron chi connectivity index (χ4n) is 5.61. The minimum atomic E-state index is -0.417. The molecular weight excluding hydrogens is 425 g/mol. The normalized spacial score (nSPS) is 21.9. The summed E-state index contributed by atoms with van der Waals surface area (Å²) in [7, 11) is 0. The number of aromatic nitrogens is 5. The van der Waals surface area contributed by atoms with E-state index in [1.165, 1.54) is 36.6 Å². The van der Waals surface area contributed by atoms with E-state index < -0.39 is 5.82 Å². The van der Waals surface area contributed by atoms with Crippen molar-refractivity contribution in [2.75, 3.05) is 0 Å². The van der Waals surface area contributed by atoms with Crippen LogP contribution in [0.2, 0.25) is 5.02 Å². The summed E-state index contributed by atoms with van der Waals surface area (Å²) in [6.07, 6.45) is 10.9. The van der Waals surface area contributed by atoms with Gasteiger partial charge in [-0.2, -0.15) is 10.2 Å². The number of halogens is 2. The van der Waals surface area contributed by atoms with Gasteiger partial charge in [-0.3, -0.25) is 4.68 Å². The highest BCUT2D eigenvalue weighted by atomic mass is 35.5. The summed E-state index contributed by atoms with van der Waals surface area (Å²) in [6.45, 7) is 3.12. The number of nitrogens with zero attached hydrogens (tertiary/aromatic N) is 5. The highest BCUT2D eigenvalue weighted by Crippen LogP contribution is 2.61. The highest BCUT2D eigenvalue weighted by molar-refractivity contribution is 6.31. The van der Waals surface area contributed by atoms with E-state index in [-0.39, 0.29) is 5.02 Å². The van der Waals surface area contributed by atoms with Gasteiger partial charge in [0.25, 0.3) is 0 Å². The van der Waals surface area contributed by atoms with E-state index in [2.05, 4.69) is 22.9 Å². The second-order valence-electron chi connectivity index (χ2n) is 9.26. The van der Waals surface area contributed by atoms with Gasteiger partial charge in [0, 0.05) is 30.4 Å². The Bertz CT molecular complexity index is 1330. The molecule has 0 bridgehead atoms. The van der Waals surface area contributed by atoms with Crippen molar-refractivity contribution in [1.29, 1.82) is 0 Å². The molecule has 32 heavy (non-hydrogen) atoms. The van der Waals surface area contributed by atoms with Gasteiger partial charge in [0.1, 0.15) is 5.82 Å². The van der Waals surface area contributed by atoms with Gasteiger partial charge < -0.3 is 0 Å². The van der Waals surface area contributed by atoms with Gasteiger partial charge in [-0.1, -0.05) is 17.7 Å². The van der Waals surface area contributed by atoms with Crippen LogP contribution in [0.25, 0.3) is 16.8 Å². The molecule has 2 aliphatic carbocycles. The number of aryl methyl sites for hydroxylation is 2. The molecule has 0 N–H and O–H groups in total. The van der Waals surface area contributed by atoms with Crippen LogP contribution < -0.4 is 0 Å². The van der Waals surface area contributed by atoms with Gasteiger partial charge in [-0.25, -0.2) is 13.9 Å². The van der Waals surface area contributed by atoms with Crippen LogP contribution in [0.15, 0.2) is 42.7 Å².